The predicted molar refractivity (Wildman–Crippen MR) is 99.2 cm³/mol. The first-order chi connectivity index (χ1) is 12.7. The van der Waals surface area contributed by atoms with Crippen LogP contribution in [0.25, 0.3) is 0 Å². The van der Waals surface area contributed by atoms with Crippen LogP contribution in [0.15, 0.2) is 24.3 Å². The SMILES string of the molecule is CCC1(CC)NC(=O)N(CC(=O)O[C@H](C)C(=O)Nc2ccccc2Cl)C1=O. The molecule has 9 heteroatoms. The van der Waals surface area contributed by atoms with Gasteiger partial charge in [-0.05, 0) is 31.9 Å². The van der Waals surface area contributed by atoms with Crippen LogP contribution in [0.3, 0.4) is 0 Å². The molecule has 1 fully saturated rings. The minimum absolute atomic E-state index is 0.346. The number of nitrogens with one attached hydrogen (secondary N) is 2. The zero-order chi connectivity index (χ0) is 20.2. The fraction of sp³-hybridized carbons (Fsp3) is 0.444. The zero-order valence-corrected chi connectivity index (χ0v) is 16.1. The molecular weight excluding hydrogens is 374 g/mol. The number of para-hydroxylation sites is 1. The highest BCUT2D eigenvalue weighted by molar-refractivity contribution is 6.33. The molecule has 0 saturated carbocycles. The molecule has 4 amide bonds. The van der Waals surface area contributed by atoms with Crippen LogP contribution in [-0.4, -0.2) is 46.9 Å². The van der Waals surface area contributed by atoms with Gasteiger partial charge in [-0.3, -0.25) is 19.3 Å². The Morgan fingerprint density at radius 2 is 1.89 bits per heavy atom. The number of urea groups is 1. The summed E-state index contributed by atoms with van der Waals surface area (Å²) in [6, 6.07) is 5.99. The molecule has 1 aliphatic rings. The van der Waals surface area contributed by atoms with E-state index < -0.39 is 42.0 Å². The summed E-state index contributed by atoms with van der Waals surface area (Å²) in [5.74, 6) is -1.91. The highest BCUT2D eigenvalue weighted by Gasteiger charge is 2.49. The van der Waals surface area contributed by atoms with Crippen LogP contribution >= 0.6 is 11.6 Å². The number of benzene rings is 1. The maximum atomic E-state index is 12.5. The lowest BCUT2D eigenvalue weighted by molar-refractivity contribution is -0.155. The summed E-state index contributed by atoms with van der Waals surface area (Å²) in [7, 11) is 0. The number of hydrogen-bond donors (Lipinski definition) is 2. The van der Waals surface area contributed by atoms with Crippen molar-refractivity contribution in [3.05, 3.63) is 29.3 Å². The van der Waals surface area contributed by atoms with Gasteiger partial charge in [0.05, 0.1) is 10.7 Å². The standard InChI is InChI=1S/C18H22ClN3O5/c1-4-18(5-2)16(25)22(17(26)21-18)10-14(23)27-11(3)15(24)20-13-9-7-6-8-12(13)19/h6-9,11H,4-5,10H2,1-3H3,(H,20,24)(H,21,26)/t11-/m1/s1. The third-order valence-electron chi connectivity index (χ3n) is 4.55. The highest BCUT2D eigenvalue weighted by Crippen LogP contribution is 2.25. The van der Waals surface area contributed by atoms with Crippen molar-refractivity contribution in [3.63, 3.8) is 0 Å². The van der Waals surface area contributed by atoms with E-state index in [-0.39, 0.29) is 0 Å². The van der Waals surface area contributed by atoms with Crippen molar-refractivity contribution in [1.82, 2.24) is 10.2 Å². The van der Waals surface area contributed by atoms with Crippen LogP contribution in [0.1, 0.15) is 33.6 Å². The highest BCUT2D eigenvalue weighted by atomic mass is 35.5. The molecule has 1 aliphatic heterocycles. The molecule has 27 heavy (non-hydrogen) atoms. The number of amides is 4. The number of imide groups is 1. The summed E-state index contributed by atoms with van der Waals surface area (Å²) < 4.78 is 5.05. The summed E-state index contributed by atoms with van der Waals surface area (Å²) >= 11 is 5.97. The lowest BCUT2D eigenvalue weighted by Gasteiger charge is -2.23. The average Bonchev–Trinajstić information content (AvgIpc) is 2.88. The third-order valence-corrected chi connectivity index (χ3v) is 4.88. The molecule has 0 spiro atoms. The smallest absolute Gasteiger partial charge is 0.327 e. The molecule has 0 radical (unpaired) electrons. The molecule has 0 bridgehead atoms. The molecule has 1 heterocycles. The van der Waals surface area contributed by atoms with E-state index in [1.807, 2.05) is 0 Å². The Labute approximate surface area is 162 Å². The van der Waals surface area contributed by atoms with Crippen LogP contribution in [0.5, 0.6) is 0 Å². The Bertz CT molecular complexity index is 763. The maximum absolute atomic E-state index is 12.5. The number of esters is 1. The first-order valence-electron chi connectivity index (χ1n) is 8.63. The Morgan fingerprint density at radius 3 is 2.44 bits per heavy atom. The van der Waals surface area contributed by atoms with E-state index in [1.165, 1.54) is 6.92 Å². The molecule has 1 aromatic carbocycles. The van der Waals surface area contributed by atoms with E-state index in [0.29, 0.717) is 23.6 Å². The molecule has 1 saturated heterocycles. The topological polar surface area (TPSA) is 105 Å². The number of halogens is 1. The van der Waals surface area contributed by atoms with E-state index in [2.05, 4.69) is 10.6 Å². The van der Waals surface area contributed by atoms with E-state index >= 15 is 0 Å². The van der Waals surface area contributed by atoms with Crippen molar-refractivity contribution < 1.29 is 23.9 Å². The van der Waals surface area contributed by atoms with Crippen molar-refractivity contribution in [2.75, 3.05) is 11.9 Å². The van der Waals surface area contributed by atoms with Crippen molar-refractivity contribution in [2.45, 2.75) is 45.3 Å². The lowest BCUT2D eigenvalue weighted by Crippen LogP contribution is -2.46. The zero-order valence-electron chi connectivity index (χ0n) is 15.4. The summed E-state index contributed by atoms with van der Waals surface area (Å²) in [5, 5.41) is 5.52. The number of hydrogen-bond acceptors (Lipinski definition) is 5. The van der Waals surface area contributed by atoms with Gasteiger partial charge in [0, 0.05) is 0 Å². The molecule has 1 atom stereocenters. The fourth-order valence-corrected chi connectivity index (χ4v) is 2.95. The Hall–Kier alpha value is -2.61. The van der Waals surface area contributed by atoms with Crippen LogP contribution in [0.4, 0.5) is 10.5 Å². The minimum atomic E-state index is -1.13. The van der Waals surface area contributed by atoms with E-state index in [0.717, 1.165) is 4.90 Å². The van der Waals surface area contributed by atoms with Gasteiger partial charge in [-0.25, -0.2) is 4.79 Å². The maximum Gasteiger partial charge on any atom is 0.327 e. The summed E-state index contributed by atoms with van der Waals surface area (Å²) in [4.78, 5) is 49.6. The number of carbonyl (C=O) groups excluding carboxylic acids is 4. The molecular formula is C18H22ClN3O5. The Kier molecular flexibility index (Phi) is 6.43. The second-order valence-corrected chi connectivity index (χ2v) is 6.62. The van der Waals surface area contributed by atoms with Gasteiger partial charge in [0.2, 0.25) is 0 Å². The van der Waals surface area contributed by atoms with Crippen molar-refractivity contribution in [2.24, 2.45) is 0 Å². The number of carbonyl (C=O) groups is 4. The van der Waals surface area contributed by atoms with Crippen molar-refractivity contribution in [1.29, 1.82) is 0 Å². The molecule has 8 nitrogen and oxygen atoms in total. The summed E-state index contributed by atoms with van der Waals surface area (Å²) in [6.07, 6.45) is -0.302. The Morgan fingerprint density at radius 1 is 1.26 bits per heavy atom. The van der Waals surface area contributed by atoms with Gasteiger partial charge in [0.1, 0.15) is 12.1 Å². The van der Waals surface area contributed by atoms with Gasteiger partial charge < -0.3 is 15.4 Å². The second-order valence-electron chi connectivity index (χ2n) is 6.21. The first kappa shape index (κ1) is 20.7. The van der Waals surface area contributed by atoms with Gasteiger partial charge in [0.15, 0.2) is 6.10 Å². The van der Waals surface area contributed by atoms with Gasteiger partial charge >= 0.3 is 12.0 Å². The lowest BCUT2D eigenvalue weighted by atomic mass is 9.93. The normalized spacial score (nSPS) is 16.7. The predicted octanol–water partition coefficient (Wildman–Crippen LogP) is 2.32. The van der Waals surface area contributed by atoms with Gasteiger partial charge in [-0.2, -0.15) is 0 Å². The van der Waals surface area contributed by atoms with Crippen LogP contribution in [0, 0.1) is 0 Å². The summed E-state index contributed by atoms with van der Waals surface area (Å²) in [6.45, 7) is 4.39. The first-order valence-corrected chi connectivity index (χ1v) is 9.00. The van der Waals surface area contributed by atoms with Crippen LogP contribution < -0.4 is 10.6 Å². The number of rotatable bonds is 7. The molecule has 0 unspecified atom stereocenters. The monoisotopic (exact) mass is 395 g/mol. The average molecular weight is 396 g/mol. The van der Waals surface area contributed by atoms with Crippen molar-refractivity contribution >= 4 is 41.1 Å². The van der Waals surface area contributed by atoms with Gasteiger partial charge in [-0.15, -0.1) is 0 Å². The number of ether oxygens (including phenoxy) is 1. The van der Waals surface area contributed by atoms with E-state index in [4.69, 9.17) is 16.3 Å². The van der Waals surface area contributed by atoms with Crippen LogP contribution in [0.2, 0.25) is 5.02 Å². The molecule has 0 aliphatic carbocycles. The van der Waals surface area contributed by atoms with Crippen LogP contribution in [-0.2, 0) is 19.1 Å². The largest absolute Gasteiger partial charge is 0.451 e. The van der Waals surface area contributed by atoms with Gasteiger partial charge in [-0.1, -0.05) is 37.6 Å². The molecule has 1 aromatic rings. The van der Waals surface area contributed by atoms with Crippen molar-refractivity contribution in [3.8, 4) is 0 Å². The second kappa shape index (κ2) is 8.39. The quantitative estimate of drug-likeness (QED) is 0.544. The molecule has 2 rings (SSSR count). The molecule has 146 valence electrons. The molecule has 0 aromatic heterocycles. The number of anilines is 1. The third kappa shape index (κ3) is 4.39. The minimum Gasteiger partial charge on any atom is -0.451 e. The number of nitrogens with zero attached hydrogens (tertiary/aromatic N) is 1. The van der Waals surface area contributed by atoms with Gasteiger partial charge in [0.25, 0.3) is 11.8 Å². The fourth-order valence-electron chi connectivity index (χ4n) is 2.76. The van der Waals surface area contributed by atoms with E-state index in [9.17, 15) is 19.2 Å². The summed E-state index contributed by atoms with van der Waals surface area (Å²) in [5.41, 5.74) is -0.610. The molecule has 2 N–H and O–H groups in total. The Balaban J connectivity index is 1.95. The van der Waals surface area contributed by atoms with E-state index in [1.54, 1.807) is 38.1 Å².